The van der Waals surface area contributed by atoms with Gasteiger partial charge in [0, 0.05) is 31.3 Å². The van der Waals surface area contributed by atoms with Crippen LogP contribution in [0.15, 0.2) is 47.5 Å². The molecule has 0 fully saturated rings. The Morgan fingerprint density at radius 3 is 2.57 bits per heavy atom. The van der Waals surface area contributed by atoms with E-state index in [1.165, 1.54) is 12.1 Å². The average molecular weight is 436 g/mol. The van der Waals surface area contributed by atoms with Gasteiger partial charge in [0.15, 0.2) is 0 Å². The summed E-state index contributed by atoms with van der Waals surface area (Å²) >= 11 is 0. The fourth-order valence-corrected chi connectivity index (χ4v) is 3.58. The summed E-state index contributed by atoms with van der Waals surface area (Å²) in [5.74, 6) is 0.833. The van der Waals surface area contributed by atoms with Crippen LogP contribution in [0.5, 0.6) is 11.6 Å². The zero-order valence-electron chi connectivity index (χ0n) is 17.4. The fraction of sp³-hybridized carbons (Fsp3) is 0.429. The minimum atomic E-state index is -3.69. The molecule has 0 unspecified atom stereocenters. The Balaban J connectivity index is 1.79. The molecule has 164 valence electrons. The molecule has 0 radical (unpaired) electrons. The standard InChI is InChI=1S/C21H29N3O5S/c1-3-5-15-29-21-17(7-6-13-22-21)16-23-20(25)12-14-24-30(26,27)19-10-8-18(9-11-19)28-4-2/h6-11,13,24H,3-5,12,14-16H2,1-2H3,(H,23,25). The second-order valence-electron chi connectivity index (χ2n) is 6.50. The van der Waals surface area contributed by atoms with Crippen LogP contribution in [0.4, 0.5) is 0 Å². The van der Waals surface area contributed by atoms with Crippen molar-refractivity contribution in [3.63, 3.8) is 0 Å². The van der Waals surface area contributed by atoms with Crippen molar-refractivity contribution in [2.45, 2.75) is 44.6 Å². The molecule has 1 heterocycles. The first-order valence-corrected chi connectivity index (χ1v) is 11.5. The summed E-state index contributed by atoms with van der Waals surface area (Å²) in [4.78, 5) is 16.4. The predicted molar refractivity (Wildman–Crippen MR) is 114 cm³/mol. The molecule has 8 nitrogen and oxygen atoms in total. The Hall–Kier alpha value is -2.65. The second-order valence-corrected chi connectivity index (χ2v) is 8.27. The summed E-state index contributed by atoms with van der Waals surface area (Å²) in [5.41, 5.74) is 0.775. The van der Waals surface area contributed by atoms with E-state index in [2.05, 4.69) is 21.9 Å². The topological polar surface area (TPSA) is 107 Å². The summed E-state index contributed by atoms with van der Waals surface area (Å²) in [6.07, 6.45) is 3.60. The molecule has 30 heavy (non-hydrogen) atoms. The van der Waals surface area contributed by atoms with Crippen LogP contribution < -0.4 is 19.5 Å². The normalized spacial score (nSPS) is 11.1. The first kappa shape index (κ1) is 23.6. The monoisotopic (exact) mass is 435 g/mol. The van der Waals surface area contributed by atoms with E-state index in [9.17, 15) is 13.2 Å². The molecule has 2 aromatic rings. The number of hydrogen-bond donors (Lipinski definition) is 2. The number of benzene rings is 1. The van der Waals surface area contributed by atoms with E-state index in [1.807, 2.05) is 13.0 Å². The van der Waals surface area contributed by atoms with E-state index >= 15 is 0 Å². The first-order chi connectivity index (χ1) is 14.5. The summed E-state index contributed by atoms with van der Waals surface area (Å²) < 4.78 is 38.0. The SMILES string of the molecule is CCCCOc1ncccc1CNC(=O)CCNS(=O)(=O)c1ccc(OCC)cc1. The van der Waals surface area contributed by atoms with Gasteiger partial charge in [-0.2, -0.15) is 0 Å². The molecule has 2 N–H and O–H groups in total. The molecule has 0 aliphatic heterocycles. The highest BCUT2D eigenvalue weighted by molar-refractivity contribution is 7.89. The molecule has 1 aromatic carbocycles. The molecule has 0 saturated carbocycles. The highest BCUT2D eigenvalue weighted by Crippen LogP contribution is 2.16. The number of hydrogen-bond acceptors (Lipinski definition) is 6. The van der Waals surface area contributed by atoms with Gasteiger partial charge in [0.25, 0.3) is 0 Å². The van der Waals surface area contributed by atoms with Gasteiger partial charge in [0.1, 0.15) is 5.75 Å². The minimum absolute atomic E-state index is 0.00568. The lowest BCUT2D eigenvalue weighted by Crippen LogP contribution is -2.30. The Labute approximate surface area is 178 Å². The maximum absolute atomic E-state index is 12.3. The van der Waals surface area contributed by atoms with Crippen molar-refractivity contribution in [3.05, 3.63) is 48.2 Å². The molecule has 0 aliphatic carbocycles. The van der Waals surface area contributed by atoms with Crippen LogP contribution >= 0.6 is 0 Å². The molecule has 0 bridgehead atoms. The largest absolute Gasteiger partial charge is 0.494 e. The molecule has 2 rings (SSSR count). The smallest absolute Gasteiger partial charge is 0.240 e. The summed E-state index contributed by atoms with van der Waals surface area (Å²) in [6.45, 7) is 5.26. The van der Waals surface area contributed by atoms with Gasteiger partial charge in [0.2, 0.25) is 21.8 Å². The number of carbonyl (C=O) groups excluding carboxylic acids is 1. The van der Waals surface area contributed by atoms with Crippen LogP contribution in [0, 0.1) is 0 Å². The van der Waals surface area contributed by atoms with Crippen molar-refractivity contribution in [2.24, 2.45) is 0 Å². The number of unbranched alkanes of at least 4 members (excludes halogenated alkanes) is 1. The molecule has 9 heteroatoms. The van der Waals surface area contributed by atoms with E-state index in [1.54, 1.807) is 24.4 Å². The molecule has 0 atom stereocenters. The Morgan fingerprint density at radius 2 is 1.87 bits per heavy atom. The molecular weight excluding hydrogens is 406 g/mol. The lowest BCUT2D eigenvalue weighted by Gasteiger charge is -2.11. The zero-order valence-corrected chi connectivity index (χ0v) is 18.2. The van der Waals surface area contributed by atoms with Crippen molar-refractivity contribution in [3.8, 4) is 11.6 Å². The molecule has 1 amide bonds. The van der Waals surface area contributed by atoms with Crippen LogP contribution in [0.25, 0.3) is 0 Å². The Kier molecular flexibility index (Phi) is 9.56. The van der Waals surface area contributed by atoms with Crippen molar-refractivity contribution < 1.29 is 22.7 Å². The van der Waals surface area contributed by atoms with E-state index < -0.39 is 10.0 Å². The van der Waals surface area contributed by atoms with Crippen LogP contribution in [0.3, 0.4) is 0 Å². The average Bonchev–Trinajstić information content (AvgIpc) is 2.74. The maximum atomic E-state index is 12.3. The van der Waals surface area contributed by atoms with Gasteiger partial charge in [-0.05, 0) is 43.7 Å². The number of nitrogens with zero attached hydrogens (tertiary/aromatic N) is 1. The third-order valence-electron chi connectivity index (χ3n) is 4.15. The van der Waals surface area contributed by atoms with Crippen molar-refractivity contribution in [1.29, 1.82) is 0 Å². The highest BCUT2D eigenvalue weighted by atomic mass is 32.2. The molecule has 0 spiro atoms. The molecule has 1 aromatic heterocycles. The molecule has 0 aliphatic rings. The third-order valence-corrected chi connectivity index (χ3v) is 5.63. The maximum Gasteiger partial charge on any atom is 0.240 e. The number of rotatable bonds is 13. The number of amides is 1. The highest BCUT2D eigenvalue weighted by Gasteiger charge is 2.14. The summed E-state index contributed by atoms with van der Waals surface area (Å²) in [5, 5.41) is 2.77. The third kappa shape index (κ3) is 7.64. The minimum Gasteiger partial charge on any atom is -0.494 e. The number of sulfonamides is 1. The number of aromatic nitrogens is 1. The van der Waals surface area contributed by atoms with Gasteiger partial charge in [-0.3, -0.25) is 4.79 Å². The molecule has 0 saturated heterocycles. The van der Waals surface area contributed by atoms with Gasteiger partial charge >= 0.3 is 0 Å². The van der Waals surface area contributed by atoms with Crippen LogP contribution in [0.2, 0.25) is 0 Å². The van der Waals surface area contributed by atoms with E-state index in [4.69, 9.17) is 9.47 Å². The molecular formula is C21H29N3O5S. The van der Waals surface area contributed by atoms with Gasteiger partial charge in [0.05, 0.1) is 18.1 Å². The Bertz CT molecular complexity index is 901. The van der Waals surface area contributed by atoms with Crippen LogP contribution in [0.1, 0.15) is 38.7 Å². The lowest BCUT2D eigenvalue weighted by atomic mass is 10.2. The van der Waals surface area contributed by atoms with Crippen LogP contribution in [-0.4, -0.2) is 39.1 Å². The summed E-state index contributed by atoms with van der Waals surface area (Å²) in [6, 6.07) is 9.74. The van der Waals surface area contributed by atoms with Crippen molar-refractivity contribution >= 4 is 15.9 Å². The zero-order chi connectivity index (χ0) is 21.8. The second kappa shape index (κ2) is 12.1. The van der Waals surface area contributed by atoms with Crippen molar-refractivity contribution in [2.75, 3.05) is 19.8 Å². The van der Waals surface area contributed by atoms with Crippen LogP contribution in [-0.2, 0) is 21.4 Å². The van der Waals surface area contributed by atoms with Gasteiger partial charge < -0.3 is 14.8 Å². The van der Waals surface area contributed by atoms with E-state index in [0.717, 1.165) is 18.4 Å². The number of pyridine rings is 1. The number of carbonyl (C=O) groups is 1. The van der Waals surface area contributed by atoms with Gasteiger partial charge in [-0.1, -0.05) is 19.4 Å². The van der Waals surface area contributed by atoms with Crippen molar-refractivity contribution in [1.82, 2.24) is 15.0 Å². The van der Waals surface area contributed by atoms with E-state index in [-0.39, 0.29) is 30.3 Å². The Morgan fingerprint density at radius 1 is 1.10 bits per heavy atom. The first-order valence-electron chi connectivity index (χ1n) is 10.0. The quantitative estimate of drug-likeness (QED) is 0.469. The number of nitrogens with one attached hydrogen (secondary N) is 2. The fourth-order valence-electron chi connectivity index (χ4n) is 2.55. The number of ether oxygens (including phenoxy) is 2. The predicted octanol–water partition coefficient (Wildman–Crippen LogP) is 2.64. The lowest BCUT2D eigenvalue weighted by molar-refractivity contribution is -0.121. The summed E-state index contributed by atoms with van der Waals surface area (Å²) in [7, 11) is -3.69. The van der Waals surface area contributed by atoms with E-state index in [0.29, 0.717) is 24.8 Å². The van der Waals surface area contributed by atoms with Gasteiger partial charge in [-0.25, -0.2) is 18.1 Å². The van der Waals surface area contributed by atoms with Gasteiger partial charge in [-0.15, -0.1) is 0 Å².